The highest BCUT2D eigenvalue weighted by atomic mass is 19.1. The summed E-state index contributed by atoms with van der Waals surface area (Å²) in [6.45, 7) is 0. The van der Waals surface area contributed by atoms with Crippen molar-refractivity contribution >= 4 is 5.91 Å². The van der Waals surface area contributed by atoms with Crippen LogP contribution < -0.4 is 5.32 Å². The van der Waals surface area contributed by atoms with Crippen molar-refractivity contribution in [2.75, 3.05) is 0 Å². The van der Waals surface area contributed by atoms with Gasteiger partial charge in [-0.05, 0) is 23.8 Å². The number of carbonyl (C=O) groups is 1. The molecule has 0 saturated heterocycles. The van der Waals surface area contributed by atoms with E-state index in [2.05, 4.69) is 15.5 Å². The summed E-state index contributed by atoms with van der Waals surface area (Å²) in [5, 5.41) is 11.0. The Morgan fingerprint density at radius 1 is 0.897 bits per heavy atom. The van der Waals surface area contributed by atoms with E-state index in [0.29, 0.717) is 5.89 Å². The molecule has 0 saturated carbocycles. The molecule has 3 aromatic carbocycles. The lowest BCUT2D eigenvalue weighted by atomic mass is 10.1. The Morgan fingerprint density at radius 2 is 1.55 bits per heavy atom. The van der Waals surface area contributed by atoms with Crippen molar-refractivity contribution in [3.05, 3.63) is 108 Å². The molecule has 1 aromatic heterocycles. The lowest BCUT2D eigenvalue weighted by Gasteiger charge is -2.16. The minimum atomic E-state index is -0.891. The van der Waals surface area contributed by atoms with Crippen LogP contribution in [0.2, 0.25) is 0 Å². The van der Waals surface area contributed by atoms with Gasteiger partial charge in [-0.15, -0.1) is 10.2 Å². The zero-order chi connectivity index (χ0) is 20.1. The van der Waals surface area contributed by atoms with Crippen LogP contribution in [0, 0.1) is 5.82 Å². The van der Waals surface area contributed by atoms with Crippen LogP contribution in [0.5, 0.6) is 0 Å². The van der Waals surface area contributed by atoms with Crippen LogP contribution >= 0.6 is 0 Å². The summed E-state index contributed by atoms with van der Waals surface area (Å²) in [4.78, 5) is 12.6. The van der Waals surface area contributed by atoms with Crippen molar-refractivity contribution < 1.29 is 13.6 Å². The van der Waals surface area contributed by atoms with Crippen LogP contribution in [-0.2, 0) is 11.2 Å². The van der Waals surface area contributed by atoms with Gasteiger partial charge in [-0.3, -0.25) is 4.79 Å². The lowest BCUT2D eigenvalue weighted by molar-refractivity contribution is -0.121. The van der Waals surface area contributed by atoms with Crippen LogP contribution in [0.3, 0.4) is 0 Å². The van der Waals surface area contributed by atoms with Crippen molar-refractivity contribution in [1.82, 2.24) is 15.5 Å². The van der Waals surface area contributed by atoms with Crippen LogP contribution in [-0.4, -0.2) is 16.1 Å². The second-order valence-corrected chi connectivity index (χ2v) is 6.50. The third-order valence-electron chi connectivity index (χ3n) is 4.44. The van der Waals surface area contributed by atoms with Gasteiger partial charge in [0.25, 0.3) is 0 Å². The quantitative estimate of drug-likeness (QED) is 0.535. The van der Waals surface area contributed by atoms with Gasteiger partial charge in [0.05, 0.1) is 6.42 Å². The van der Waals surface area contributed by atoms with Crippen LogP contribution in [0.1, 0.15) is 23.1 Å². The van der Waals surface area contributed by atoms with E-state index in [1.807, 2.05) is 60.7 Å². The first kappa shape index (κ1) is 18.6. The molecule has 5 nitrogen and oxygen atoms in total. The first-order valence-electron chi connectivity index (χ1n) is 9.17. The molecule has 0 unspecified atom stereocenters. The minimum absolute atomic E-state index is 0.121. The number of rotatable bonds is 6. The SMILES string of the molecule is O=C(Cc1ccccc1)N[C@H](c1nnc(-c2ccccc2)o1)c1ccccc1F. The topological polar surface area (TPSA) is 68.0 Å². The van der Waals surface area contributed by atoms with Gasteiger partial charge in [0.15, 0.2) is 0 Å². The number of aromatic nitrogens is 2. The van der Waals surface area contributed by atoms with E-state index in [-0.39, 0.29) is 23.8 Å². The highest BCUT2D eigenvalue weighted by Crippen LogP contribution is 2.26. The molecule has 4 rings (SSSR count). The fraction of sp³-hybridized carbons (Fsp3) is 0.0870. The predicted molar refractivity (Wildman–Crippen MR) is 106 cm³/mol. The van der Waals surface area contributed by atoms with E-state index in [0.717, 1.165) is 11.1 Å². The van der Waals surface area contributed by atoms with E-state index in [1.165, 1.54) is 6.07 Å². The third-order valence-corrected chi connectivity index (χ3v) is 4.44. The average molecular weight is 387 g/mol. The summed E-state index contributed by atoms with van der Waals surface area (Å²) in [6.07, 6.45) is 0.158. The Labute approximate surface area is 167 Å². The molecule has 1 amide bonds. The van der Waals surface area contributed by atoms with E-state index >= 15 is 0 Å². The molecule has 0 radical (unpaired) electrons. The predicted octanol–water partition coefficient (Wildman–Crippen LogP) is 4.32. The molecule has 1 heterocycles. The van der Waals surface area contributed by atoms with Crippen molar-refractivity contribution in [2.45, 2.75) is 12.5 Å². The van der Waals surface area contributed by atoms with Gasteiger partial charge < -0.3 is 9.73 Å². The molecule has 29 heavy (non-hydrogen) atoms. The standard InChI is InChI=1S/C23H18FN3O2/c24-19-14-8-7-13-18(19)21(25-20(28)15-16-9-3-1-4-10-16)23-27-26-22(29-23)17-11-5-2-6-12-17/h1-14,21H,15H2,(H,25,28)/t21-/m0/s1. The second-order valence-electron chi connectivity index (χ2n) is 6.50. The summed E-state index contributed by atoms with van der Waals surface area (Å²) < 4.78 is 20.3. The summed E-state index contributed by atoms with van der Waals surface area (Å²) in [7, 11) is 0. The number of hydrogen-bond acceptors (Lipinski definition) is 4. The molecule has 0 fully saturated rings. The average Bonchev–Trinajstić information content (AvgIpc) is 3.24. The van der Waals surface area contributed by atoms with Crippen molar-refractivity contribution in [3.8, 4) is 11.5 Å². The number of nitrogens with one attached hydrogen (secondary N) is 1. The normalized spacial score (nSPS) is 11.8. The molecule has 144 valence electrons. The van der Waals surface area contributed by atoms with Gasteiger partial charge in [0.1, 0.15) is 11.9 Å². The third kappa shape index (κ3) is 4.38. The molecule has 4 aromatic rings. The highest BCUT2D eigenvalue weighted by molar-refractivity contribution is 5.79. The molecule has 0 aliphatic carbocycles. The summed E-state index contributed by atoms with van der Waals surface area (Å²) in [5.41, 5.74) is 1.86. The zero-order valence-corrected chi connectivity index (χ0v) is 15.5. The Bertz CT molecular complexity index is 1100. The molecule has 1 N–H and O–H groups in total. The van der Waals surface area contributed by atoms with E-state index in [4.69, 9.17) is 4.42 Å². The van der Waals surface area contributed by atoms with Gasteiger partial charge >= 0.3 is 0 Å². The molecule has 0 aliphatic rings. The first-order valence-corrected chi connectivity index (χ1v) is 9.17. The minimum Gasteiger partial charge on any atom is -0.418 e. The van der Waals surface area contributed by atoms with E-state index in [9.17, 15) is 9.18 Å². The van der Waals surface area contributed by atoms with Crippen molar-refractivity contribution in [3.63, 3.8) is 0 Å². The molecule has 1 atom stereocenters. The Hall–Kier alpha value is -3.80. The number of halogens is 1. The fourth-order valence-electron chi connectivity index (χ4n) is 3.02. The van der Waals surface area contributed by atoms with Gasteiger partial charge in [0, 0.05) is 11.1 Å². The molecule has 0 aliphatic heterocycles. The Balaban J connectivity index is 1.64. The van der Waals surface area contributed by atoms with Crippen LogP contribution in [0.4, 0.5) is 4.39 Å². The number of hydrogen-bond donors (Lipinski definition) is 1. The monoisotopic (exact) mass is 387 g/mol. The molecule has 6 heteroatoms. The first-order chi connectivity index (χ1) is 14.2. The fourth-order valence-corrected chi connectivity index (χ4v) is 3.02. The zero-order valence-electron chi connectivity index (χ0n) is 15.5. The molecular formula is C23H18FN3O2. The summed E-state index contributed by atoms with van der Waals surface area (Å²) >= 11 is 0. The smallest absolute Gasteiger partial charge is 0.247 e. The molecule has 0 spiro atoms. The largest absolute Gasteiger partial charge is 0.418 e. The van der Waals surface area contributed by atoms with Crippen molar-refractivity contribution in [1.29, 1.82) is 0 Å². The summed E-state index contributed by atoms with van der Waals surface area (Å²) in [6, 6.07) is 23.9. The lowest BCUT2D eigenvalue weighted by Crippen LogP contribution is -2.31. The highest BCUT2D eigenvalue weighted by Gasteiger charge is 2.26. The number of carbonyl (C=O) groups excluding carboxylic acids is 1. The van der Waals surface area contributed by atoms with Gasteiger partial charge in [-0.2, -0.15) is 0 Å². The number of benzene rings is 3. The number of amides is 1. The maximum absolute atomic E-state index is 14.5. The Morgan fingerprint density at radius 3 is 2.28 bits per heavy atom. The van der Waals surface area contributed by atoms with E-state index in [1.54, 1.807) is 18.2 Å². The van der Waals surface area contributed by atoms with Gasteiger partial charge in [0.2, 0.25) is 17.7 Å². The van der Waals surface area contributed by atoms with Gasteiger partial charge in [-0.1, -0.05) is 66.7 Å². The van der Waals surface area contributed by atoms with Gasteiger partial charge in [-0.25, -0.2) is 4.39 Å². The molecule has 0 bridgehead atoms. The number of nitrogens with zero attached hydrogens (tertiary/aromatic N) is 2. The second kappa shape index (κ2) is 8.48. The van der Waals surface area contributed by atoms with E-state index < -0.39 is 11.9 Å². The van der Waals surface area contributed by atoms with Crippen molar-refractivity contribution in [2.24, 2.45) is 0 Å². The molecular weight excluding hydrogens is 369 g/mol. The summed E-state index contributed by atoms with van der Waals surface area (Å²) in [5.74, 6) is -0.310. The van der Waals surface area contributed by atoms with Crippen LogP contribution in [0.25, 0.3) is 11.5 Å². The Kier molecular flexibility index (Phi) is 5.42. The maximum Gasteiger partial charge on any atom is 0.247 e. The maximum atomic E-state index is 14.5. The van der Waals surface area contributed by atoms with Crippen LogP contribution in [0.15, 0.2) is 89.3 Å².